The van der Waals surface area contributed by atoms with Crippen molar-refractivity contribution in [2.75, 3.05) is 5.32 Å². The van der Waals surface area contributed by atoms with Gasteiger partial charge in [0.2, 0.25) is 0 Å². The van der Waals surface area contributed by atoms with E-state index in [2.05, 4.69) is 5.32 Å². The molecule has 0 aliphatic carbocycles. The number of carbonyl (C=O) groups excluding carboxylic acids is 1. The van der Waals surface area contributed by atoms with Crippen LogP contribution in [0, 0.1) is 22.9 Å². The number of benzene rings is 2. The largest absolute Gasteiger partial charge is 0.322 e. The van der Waals surface area contributed by atoms with Crippen molar-refractivity contribution >= 4 is 17.3 Å². The van der Waals surface area contributed by atoms with Crippen LogP contribution >= 0.6 is 0 Å². The van der Waals surface area contributed by atoms with Crippen molar-refractivity contribution in [1.29, 1.82) is 0 Å². The van der Waals surface area contributed by atoms with Crippen LogP contribution in [0.3, 0.4) is 0 Å². The number of hydrogen-bond acceptors (Lipinski definition) is 4. The van der Waals surface area contributed by atoms with Crippen LogP contribution in [-0.2, 0) is 6.54 Å². The molecule has 0 spiro atoms. The number of halogens is 1. The molecule has 28 heavy (non-hydrogen) atoms. The Morgan fingerprint density at radius 2 is 1.93 bits per heavy atom. The summed E-state index contributed by atoms with van der Waals surface area (Å²) in [4.78, 5) is 35.5. The van der Waals surface area contributed by atoms with Crippen molar-refractivity contribution in [1.82, 2.24) is 4.57 Å². The van der Waals surface area contributed by atoms with E-state index in [9.17, 15) is 24.1 Å². The van der Waals surface area contributed by atoms with Gasteiger partial charge in [0.15, 0.2) is 0 Å². The molecule has 0 aliphatic heterocycles. The van der Waals surface area contributed by atoms with Gasteiger partial charge in [0, 0.05) is 29.6 Å². The third-order valence-electron chi connectivity index (χ3n) is 4.23. The molecule has 7 nitrogen and oxygen atoms in total. The normalized spacial score (nSPS) is 10.5. The van der Waals surface area contributed by atoms with E-state index in [4.69, 9.17) is 0 Å². The third kappa shape index (κ3) is 3.96. The first kappa shape index (κ1) is 19.0. The molecule has 0 unspecified atom stereocenters. The minimum atomic E-state index is -0.648. The van der Waals surface area contributed by atoms with Gasteiger partial charge in [-0.2, -0.15) is 0 Å². The van der Waals surface area contributed by atoms with E-state index < -0.39 is 22.2 Å². The van der Waals surface area contributed by atoms with E-state index in [1.54, 1.807) is 25.1 Å². The van der Waals surface area contributed by atoms with Crippen molar-refractivity contribution in [3.63, 3.8) is 0 Å². The number of hydrogen-bond donors (Lipinski definition) is 1. The van der Waals surface area contributed by atoms with Crippen LogP contribution in [0.1, 0.15) is 21.5 Å². The molecule has 0 aliphatic rings. The van der Waals surface area contributed by atoms with Gasteiger partial charge in [-0.1, -0.05) is 18.2 Å². The molecule has 8 heteroatoms. The second-order valence-corrected chi connectivity index (χ2v) is 6.16. The topological polar surface area (TPSA) is 94.2 Å². The molecule has 0 fully saturated rings. The summed E-state index contributed by atoms with van der Waals surface area (Å²) >= 11 is 0. The van der Waals surface area contributed by atoms with Crippen molar-refractivity contribution in [3.8, 4) is 0 Å². The molecule has 1 aromatic heterocycles. The van der Waals surface area contributed by atoms with Gasteiger partial charge < -0.3 is 9.88 Å². The molecule has 1 amide bonds. The molecule has 0 atom stereocenters. The van der Waals surface area contributed by atoms with Crippen LogP contribution in [0.5, 0.6) is 0 Å². The van der Waals surface area contributed by atoms with Gasteiger partial charge in [0.25, 0.3) is 17.2 Å². The summed E-state index contributed by atoms with van der Waals surface area (Å²) in [6.07, 6.45) is 1.47. The first-order chi connectivity index (χ1) is 13.4. The highest BCUT2D eigenvalue weighted by Gasteiger charge is 2.15. The molecule has 0 radical (unpaired) electrons. The number of nitrogens with one attached hydrogen (secondary N) is 1. The Balaban J connectivity index is 1.86. The van der Waals surface area contributed by atoms with Gasteiger partial charge in [-0.05, 0) is 36.8 Å². The summed E-state index contributed by atoms with van der Waals surface area (Å²) in [5, 5.41) is 13.4. The van der Waals surface area contributed by atoms with Gasteiger partial charge in [-0.3, -0.25) is 19.7 Å². The Kier molecular flexibility index (Phi) is 5.30. The summed E-state index contributed by atoms with van der Waals surface area (Å²) < 4.78 is 15.1. The predicted molar refractivity (Wildman–Crippen MR) is 102 cm³/mol. The zero-order valence-corrected chi connectivity index (χ0v) is 14.9. The van der Waals surface area contributed by atoms with Crippen LogP contribution in [0.4, 0.5) is 15.8 Å². The molecular weight excluding hydrogens is 365 g/mol. The number of anilines is 1. The molecule has 142 valence electrons. The Morgan fingerprint density at radius 3 is 2.61 bits per heavy atom. The fourth-order valence-corrected chi connectivity index (χ4v) is 2.74. The van der Waals surface area contributed by atoms with Gasteiger partial charge in [-0.25, -0.2) is 4.39 Å². The lowest BCUT2D eigenvalue weighted by molar-refractivity contribution is -0.384. The van der Waals surface area contributed by atoms with Gasteiger partial charge >= 0.3 is 0 Å². The number of rotatable bonds is 5. The molecule has 3 aromatic rings. The maximum absolute atomic E-state index is 13.8. The number of aryl methyl sites for hydroxylation is 1. The summed E-state index contributed by atoms with van der Waals surface area (Å²) in [5.41, 5.74) is 0.403. The van der Waals surface area contributed by atoms with Crippen LogP contribution in [0.25, 0.3) is 0 Å². The number of nitro benzene ring substituents is 1. The molecule has 3 rings (SSSR count). The summed E-state index contributed by atoms with van der Waals surface area (Å²) in [6, 6.07) is 13.0. The monoisotopic (exact) mass is 381 g/mol. The minimum Gasteiger partial charge on any atom is -0.322 e. The van der Waals surface area contributed by atoms with E-state index in [0.29, 0.717) is 16.8 Å². The highest BCUT2D eigenvalue weighted by molar-refractivity contribution is 6.04. The Hall–Kier alpha value is -3.81. The lowest BCUT2D eigenvalue weighted by Crippen LogP contribution is -2.29. The zero-order chi connectivity index (χ0) is 20.3. The van der Waals surface area contributed by atoms with E-state index in [1.165, 1.54) is 47.2 Å². The maximum atomic E-state index is 13.8. The summed E-state index contributed by atoms with van der Waals surface area (Å²) in [5.74, 6) is -1.09. The van der Waals surface area contributed by atoms with Gasteiger partial charge in [-0.15, -0.1) is 0 Å². The number of pyridine rings is 1. The molecule has 1 heterocycles. The molecule has 0 saturated heterocycles. The zero-order valence-electron chi connectivity index (χ0n) is 14.9. The fourth-order valence-electron chi connectivity index (χ4n) is 2.74. The minimum absolute atomic E-state index is 0.0107. The number of amides is 1. The van der Waals surface area contributed by atoms with E-state index >= 15 is 0 Å². The fraction of sp³-hybridized carbons (Fsp3) is 0.100. The molecule has 0 bridgehead atoms. The van der Waals surface area contributed by atoms with Crippen molar-refractivity contribution in [3.05, 3.63) is 104 Å². The highest BCUT2D eigenvalue weighted by atomic mass is 19.1. The van der Waals surface area contributed by atoms with Gasteiger partial charge in [0.1, 0.15) is 11.4 Å². The number of carbonyl (C=O) groups is 1. The quantitative estimate of drug-likeness (QED) is 0.541. The van der Waals surface area contributed by atoms with Crippen molar-refractivity contribution in [2.45, 2.75) is 13.5 Å². The lowest BCUT2D eigenvalue weighted by atomic mass is 10.1. The standard InChI is InChI=1S/C20H16FN3O4/c1-13-11-15(24(27)28)8-9-18(13)22-19(25)16-6-4-10-23(20(16)26)12-14-5-2-3-7-17(14)21/h2-11H,12H2,1H3,(H,22,25). The van der Waals surface area contributed by atoms with E-state index in [-0.39, 0.29) is 17.8 Å². The van der Waals surface area contributed by atoms with E-state index in [1.807, 2.05) is 0 Å². The SMILES string of the molecule is Cc1cc([N+](=O)[O-])ccc1NC(=O)c1cccn(Cc2ccccc2F)c1=O. The number of non-ortho nitro benzene ring substituents is 1. The van der Waals surface area contributed by atoms with Crippen molar-refractivity contribution < 1.29 is 14.1 Å². The smallest absolute Gasteiger partial charge is 0.269 e. The van der Waals surface area contributed by atoms with Crippen LogP contribution in [0.15, 0.2) is 65.6 Å². The predicted octanol–water partition coefficient (Wildman–Crippen LogP) is 3.50. The third-order valence-corrected chi connectivity index (χ3v) is 4.23. The van der Waals surface area contributed by atoms with Crippen LogP contribution < -0.4 is 10.9 Å². The number of aromatic nitrogens is 1. The average Bonchev–Trinajstić information content (AvgIpc) is 2.66. The van der Waals surface area contributed by atoms with E-state index in [0.717, 1.165) is 0 Å². The van der Waals surface area contributed by atoms with Crippen molar-refractivity contribution in [2.24, 2.45) is 0 Å². The Bertz CT molecular complexity index is 1120. The molecule has 2 aromatic carbocycles. The summed E-state index contributed by atoms with van der Waals surface area (Å²) in [7, 11) is 0. The Morgan fingerprint density at radius 1 is 1.18 bits per heavy atom. The first-order valence-corrected chi connectivity index (χ1v) is 8.36. The Labute approximate surface area is 159 Å². The van der Waals surface area contributed by atoms with Gasteiger partial charge in [0.05, 0.1) is 11.5 Å². The molecular formula is C20H16FN3O4. The summed E-state index contributed by atoms with van der Waals surface area (Å²) in [6.45, 7) is 1.60. The molecule has 1 N–H and O–H groups in total. The second-order valence-electron chi connectivity index (χ2n) is 6.16. The lowest BCUT2D eigenvalue weighted by Gasteiger charge is -2.11. The average molecular weight is 381 g/mol. The van der Waals surface area contributed by atoms with Crippen LogP contribution in [-0.4, -0.2) is 15.4 Å². The maximum Gasteiger partial charge on any atom is 0.269 e. The van der Waals surface area contributed by atoms with Crippen LogP contribution in [0.2, 0.25) is 0 Å². The molecule has 0 saturated carbocycles. The number of nitrogens with zero attached hydrogens (tertiary/aromatic N) is 2. The first-order valence-electron chi connectivity index (χ1n) is 8.36. The second kappa shape index (κ2) is 7.83. The highest BCUT2D eigenvalue weighted by Crippen LogP contribution is 2.21. The number of nitro groups is 1.